The molecule has 176 valence electrons. The van der Waals surface area contributed by atoms with Gasteiger partial charge in [0.25, 0.3) is 5.92 Å². The second kappa shape index (κ2) is 8.35. The first-order valence-electron chi connectivity index (χ1n) is 10.4. The minimum Gasteiger partial charge on any atom is -0.390 e. The summed E-state index contributed by atoms with van der Waals surface area (Å²) in [5, 5.41) is 16.5. The van der Waals surface area contributed by atoms with Crippen molar-refractivity contribution in [2.24, 2.45) is 0 Å². The van der Waals surface area contributed by atoms with E-state index in [1.807, 2.05) is 4.90 Å². The molecule has 33 heavy (non-hydrogen) atoms. The quantitative estimate of drug-likeness (QED) is 0.484. The second-order valence-electron chi connectivity index (χ2n) is 8.34. The van der Waals surface area contributed by atoms with Crippen LogP contribution < -0.4 is 0 Å². The van der Waals surface area contributed by atoms with Gasteiger partial charge in [0, 0.05) is 35.6 Å². The van der Waals surface area contributed by atoms with Crippen LogP contribution in [0.25, 0.3) is 11.3 Å². The first-order valence-corrected chi connectivity index (χ1v) is 11.6. The minimum absolute atomic E-state index is 0.0630. The zero-order valence-electron chi connectivity index (χ0n) is 17.3. The van der Waals surface area contributed by atoms with Crippen molar-refractivity contribution >= 4 is 22.9 Å². The van der Waals surface area contributed by atoms with Gasteiger partial charge < -0.3 is 9.84 Å². The molecule has 5 nitrogen and oxygen atoms in total. The Kier molecular flexibility index (Phi) is 5.77. The van der Waals surface area contributed by atoms with Crippen LogP contribution in [0.1, 0.15) is 34.5 Å². The average molecular weight is 502 g/mol. The topological polar surface area (TPSA) is 61.4 Å². The van der Waals surface area contributed by atoms with Crippen molar-refractivity contribution in [3.63, 3.8) is 0 Å². The normalized spacial score (nSPS) is 19.7. The summed E-state index contributed by atoms with van der Waals surface area (Å²) in [6.45, 7) is 0.205. The highest BCUT2D eigenvalue weighted by Gasteiger charge is 2.51. The van der Waals surface area contributed by atoms with Gasteiger partial charge in [-0.1, -0.05) is 17.7 Å². The number of aliphatic hydroxyl groups excluding tert-OH is 1. The third-order valence-electron chi connectivity index (χ3n) is 6.40. The Morgan fingerprint density at radius 2 is 1.91 bits per heavy atom. The van der Waals surface area contributed by atoms with Crippen LogP contribution in [-0.2, 0) is 29.4 Å². The molecule has 5 rings (SSSR count). The van der Waals surface area contributed by atoms with Gasteiger partial charge in [0.1, 0.15) is 29.5 Å². The van der Waals surface area contributed by atoms with Gasteiger partial charge >= 0.3 is 0 Å². The highest BCUT2D eigenvalue weighted by atomic mass is 35.5. The molecule has 2 aliphatic rings. The summed E-state index contributed by atoms with van der Waals surface area (Å²) in [5.74, 6) is -4.57. The van der Waals surface area contributed by atoms with Gasteiger partial charge in [-0.2, -0.15) is 13.9 Å². The Balaban J connectivity index is 1.40. The predicted octanol–water partition coefficient (Wildman–Crippen LogP) is 5.18. The number of aromatic amines is 1. The molecule has 0 atom stereocenters. The minimum atomic E-state index is -3.08. The van der Waals surface area contributed by atoms with E-state index in [-0.39, 0.29) is 30.0 Å². The van der Waals surface area contributed by atoms with Gasteiger partial charge in [0.15, 0.2) is 0 Å². The number of alkyl halides is 2. The van der Waals surface area contributed by atoms with Crippen LogP contribution >= 0.6 is 22.9 Å². The van der Waals surface area contributed by atoms with E-state index in [4.69, 9.17) is 16.3 Å². The molecule has 1 fully saturated rings. The van der Waals surface area contributed by atoms with Gasteiger partial charge in [-0.05, 0) is 31.0 Å². The SMILES string of the molecule is OCc1[nH]nc(-c2c(F)cccc2F)c1CN1CCC2(CC1)OCC(F)(F)c1cc(Cl)sc12. The molecule has 0 unspecified atom stereocenters. The Morgan fingerprint density at radius 3 is 2.58 bits per heavy atom. The van der Waals surface area contributed by atoms with E-state index in [0.717, 1.165) is 23.5 Å². The maximum Gasteiger partial charge on any atom is 0.297 e. The van der Waals surface area contributed by atoms with Crippen LogP contribution in [0.15, 0.2) is 24.3 Å². The van der Waals surface area contributed by atoms with E-state index in [0.29, 0.717) is 46.4 Å². The maximum atomic E-state index is 14.4. The van der Waals surface area contributed by atoms with Crippen molar-refractivity contribution in [2.75, 3.05) is 19.7 Å². The number of benzene rings is 1. The van der Waals surface area contributed by atoms with E-state index in [9.17, 15) is 22.7 Å². The molecule has 2 aromatic heterocycles. The Morgan fingerprint density at radius 1 is 1.21 bits per heavy atom. The number of hydrogen-bond acceptors (Lipinski definition) is 5. The number of thiophene rings is 1. The van der Waals surface area contributed by atoms with Crippen molar-refractivity contribution in [3.8, 4) is 11.3 Å². The van der Waals surface area contributed by atoms with Crippen LogP contribution in [0.4, 0.5) is 17.6 Å². The summed E-state index contributed by atoms with van der Waals surface area (Å²) < 4.78 is 63.5. The number of likely N-dealkylation sites (tertiary alicyclic amines) is 1. The molecule has 2 aliphatic heterocycles. The Bertz CT molecular complexity index is 1170. The molecular formula is C22H20ClF4N3O2S. The summed E-state index contributed by atoms with van der Waals surface area (Å²) in [4.78, 5) is 2.50. The summed E-state index contributed by atoms with van der Waals surface area (Å²) >= 11 is 7.19. The van der Waals surface area contributed by atoms with E-state index < -0.39 is 29.8 Å². The van der Waals surface area contributed by atoms with Gasteiger partial charge in [-0.15, -0.1) is 11.3 Å². The third-order valence-corrected chi connectivity index (χ3v) is 7.84. The molecule has 2 N–H and O–H groups in total. The number of rotatable bonds is 4. The van der Waals surface area contributed by atoms with Gasteiger partial charge in [0.05, 0.1) is 22.2 Å². The lowest BCUT2D eigenvalue weighted by Crippen LogP contribution is -2.48. The molecule has 1 saturated heterocycles. The zero-order valence-corrected chi connectivity index (χ0v) is 18.9. The number of hydrogen-bond donors (Lipinski definition) is 2. The van der Waals surface area contributed by atoms with Crippen molar-refractivity contribution < 1.29 is 27.4 Å². The van der Waals surface area contributed by atoms with Gasteiger partial charge in [0.2, 0.25) is 0 Å². The van der Waals surface area contributed by atoms with Crippen molar-refractivity contribution in [2.45, 2.75) is 37.5 Å². The van der Waals surface area contributed by atoms with Crippen LogP contribution in [-0.4, -0.2) is 39.9 Å². The number of piperidine rings is 1. The third kappa shape index (κ3) is 3.87. The summed E-state index contributed by atoms with van der Waals surface area (Å²) in [6.07, 6.45) is 0.922. The van der Waals surface area contributed by atoms with E-state index >= 15 is 0 Å². The van der Waals surface area contributed by atoms with Crippen molar-refractivity contribution in [1.29, 1.82) is 0 Å². The highest BCUT2D eigenvalue weighted by Crippen LogP contribution is 2.52. The number of aliphatic hydroxyl groups is 1. The lowest BCUT2D eigenvalue weighted by atomic mass is 9.84. The molecule has 1 aromatic carbocycles. The van der Waals surface area contributed by atoms with Crippen LogP contribution in [0.2, 0.25) is 4.34 Å². The van der Waals surface area contributed by atoms with E-state index in [2.05, 4.69) is 10.2 Å². The molecule has 1 spiro atoms. The summed E-state index contributed by atoms with van der Waals surface area (Å²) in [5.41, 5.74) is -0.181. The fourth-order valence-corrected chi connectivity index (χ4v) is 6.12. The summed E-state index contributed by atoms with van der Waals surface area (Å²) in [6, 6.07) is 4.91. The average Bonchev–Trinajstić information content (AvgIpc) is 3.37. The molecular weight excluding hydrogens is 482 g/mol. The number of ether oxygens (including phenoxy) is 1. The first-order chi connectivity index (χ1) is 15.7. The van der Waals surface area contributed by atoms with Crippen molar-refractivity contribution in [3.05, 3.63) is 61.9 Å². The monoisotopic (exact) mass is 501 g/mol. The molecule has 0 aliphatic carbocycles. The fraction of sp³-hybridized carbons (Fsp3) is 0.409. The molecule has 0 radical (unpaired) electrons. The number of nitrogens with one attached hydrogen (secondary N) is 1. The maximum absolute atomic E-state index is 14.4. The Hall–Kier alpha value is -1.98. The largest absolute Gasteiger partial charge is 0.390 e. The fourth-order valence-electron chi connectivity index (χ4n) is 4.64. The Labute approximate surface area is 195 Å². The van der Waals surface area contributed by atoms with Crippen molar-refractivity contribution in [1.82, 2.24) is 15.1 Å². The number of halogens is 5. The molecule has 0 amide bonds. The second-order valence-corrected chi connectivity index (χ2v) is 10.0. The molecule has 3 aromatic rings. The van der Waals surface area contributed by atoms with Crippen LogP contribution in [0, 0.1) is 11.6 Å². The number of aromatic nitrogens is 2. The predicted molar refractivity (Wildman–Crippen MR) is 115 cm³/mol. The molecule has 0 saturated carbocycles. The standard InChI is InChI=1S/C22H20ClF4N3O2S/c23-17-8-13-20(33-17)21(32-11-22(13,26)27)4-6-30(7-5-21)9-12-16(10-31)28-29-19(12)18-14(24)2-1-3-15(18)25/h1-3,8,31H,4-7,9-11H2,(H,28,29). The number of fused-ring (bicyclic) bond motifs is 2. The van der Waals surface area contributed by atoms with Gasteiger partial charge in [-0.25, -0.2) is 8.78 Å². The van der Waals surface area contributed by atoms with Gasteiger partial charge in [-0.3, -0.25) is 10.00 Å². The molecule has 4 heterocycles. The first kappa shape index (κ1) is 22.8. The van der Waals surface area contributed by atoms with Crippen LogP contribution in [0.5, 0.6) is 0 Å². The molecule has 11 heteroatoms. The highest BCUT2D eigenvalue weighted by molar-refractivity contribution is 7.16. The lowest BCUT2D eigenvalue weighted by molar-refractivity contribution is -0.182. The lowest BCUT2D eigenvalue weighted by Gasteiger charge is -2.45. The number of nitrogens with zero attached hydrogens (tertiary/aromatic N) is 2. The number of H-pyrrole nitrogens is 1. The smallest absolute Gasteiger partial charge is 0.297 e. The van der Waals surface area contributed by atoms with Crippen LogP contribution in [0.3, 0.4) is 0 Å². The van der Waals surface area contributed by atoms with E-state index in [1.165, 1.54) is 12.1 Å². The summed E-state index contributed by atoms with van der Waals surface area (Å²) in [7, 11) is 0. The zero-order chi connectivity index (χ0) is 23.4. The molecule has 0 bridgehead atoms. The van der Waals surface area contributed by atoms with E-state index in [1.54, 1.807) is 0 Å².